The number of carbonyl (C=O) groups is 1. The van der Waals surface area contributed by atoms with Crippen molar-refractivity contribution in [2.75, 3.05) is 0 Å². The molecule has 0 atom stereocenters. The van der Waals surface area contributed by atoms with E-state index < -0.39 is 0 Å². The Morgan fingerprint density at radius 3 is 2.77 bits per heavy atom. The Morgan fingerprint density at radius 2 is 2.00 bits per heavy atom. The molecule has 0 aliphatic rings. The van der Waals surface area contributed by atoms with E-state index in [9.17, 15) is 9.90 Å². The maximum Gasteiger partial charge on any atom is 0.189 e. The van der Waals surface area contributed by atoms with Gasteiger partial charge in [0.05, 0.1) is 10.6 Å². The van der Waals surface area contributed by atoms with E-state index >= 15 is 0 Å². The quantitative estimate of drug-likeness (QED) is 0.547. The normalized spacial score (nSPS) is 11.4. The molecule has 1 N–H and O–H groups in total. The average molecular weight is 313 g/mol. The summed E-state index contributed by atoms with van der Waals surface area (Å²) in [6, 6.07) is 12.3. The van der Waals surface area contributed by atoms with Crippen LogP contribution in [0.3, 0.4) is 0 Å². The first-order chi connectivity index (χ1) is 10.6. The molecule has 3 nitrogen and oxygen atoms in total. The van der Waals surface area contributed by atoms with Gasteiger partial charge in [-0.15, -0.1) is 0 Å². The van der Waals surface area contributed by atoms with Crippen molar-refractivity contribution in [1.82, 2.24) is 0 Å². The van der Waals surface area contributed by atoms with Crippen molar-refractivity contribution in [1.29, 1.82) is 0 Å². The van der Waals surface area contributed by atoms with E-state index in [4.69, 9.17) is 16.0 Å². The fourth-order valence-electron chi connectivity index (χ4n) is 2.23. The summed E-state index contributed by atoms with van der Waals surface area (Å²) in [4.78, 5) is 12.2. The van der Waals surface area contributed by atoms with Gasteiger partial charge in [-0.25, -0.2) is 0 Å². The molecular formula is C18H13ClO3. The Kier molecular flexibility index (Phi) is 3.73. The predicted molar refractivity (Wildman–Crippen MR) is 87.4 cm³/mol. The highest BCUT2D eigenvalue weighted by atomic mass is 35.5. The molecule has 3 aromatic rings. The highest BCUT2D eigenvalue weighted by Gasteiger charge is 2.11. The Hall–Kier alpha value is -2.52. The minimum Gasteiger partial charge on any atom is -0.507 e. The molecule has 1 aromatic heterocycles. The van der Waals surface area contributed by atoms with Crippen molar-refractivity contribution in [2.45, 2.75) is 6.92 Å². The molecule has 0 unspecified atom stereocenters. The van der Waals surface area contributed by atoms with Gasteiger partial charge < -0.3 is 9.52 Å². The number of benzene rings is 2. The van der Waals surface area contributed by atoms with Gasteiger partial charge in [-0.3, -0.25) is 4.79 Å². The fraction of sp³-hybridized carbons (Fsp3) is 0.0556. The predicted octanol–water partition coefficient (Wildman–Crippen LogP) is 5.00. The lowest BCUT2D eigenvalue weighted by Crippen LogP contribution is -1.95. The number of ketones is 1. The van der Waals surface area contributed by atoms with Gasteiger partial charge in [0.1, 0.15) is 17.1 Å². The number of phenols is 1. The van der Waals surface area contributed by atoms with Gasteiger partial charge in [-0.05, 0) is 43.3 Å². The van der Waals surface area contributed by atoms with Crippen LogP contribution in [0.15, 0.2) is 53.0 Å². The molecule has 22 heavy (non-hydrogen) atoms. The van der Waals surface area contributed by atoms with Crippen LogP contribution >= 0.6 is 11.6 Å². The molecule has 1 heterocycles. The second-order valence-corrected chi connectivity index (χ2v) is 5.37. The van der Waals surface area contributed by atoms with Crippen LogP contribution in [0.4, 0.5) is 0 Å². The summed E-state index contributed by atoms with van der Waals surface area (Å²) >= 11 is 6.24. The van der Waals surface area contributed by atoms with Crippen LogP contribution in [0.2, 0.25) is 5.02 Å². The van der Waals surface area contributed by atoms with Gasteiger partial charge in [0.15, 0.2) is 5.78 Å². The molecule has 2 aromatic carbocycles. The van der Waals surface area contributed by atoms with E-state index in [0.717, 1.165) is 10.9 Å². The summed E-state index contributed by atoms with van der Waals surface area (Å²) in [5.74, 6) is 0.0667. The third-order valence-corrected chi connectivity index (χ3v) is 3.75. The standard InChI is InChI=1S/C18H13ClO3/c1-11-6-7-14(20)13(10-11)15(21)8-9-17-18(19)12-4-2-3-5-16(12)22-17/h2-10,20H,1H3. The molecule has 0 saturated heterocycles. The molecule has 0 aliphatic carbocycles. The van der Waals surface area contributed by atoms with E-state index in [2.05, 4.69) is 0 Å². The van der Waals surface area contributed by atoms with Crippen LogP contribution < -0.4 is 0 Å². The maximum atomic E-state index is 12.2. The lowest BCUT2D eigenvalue weighted by molar-refractivity contribution is 0.104. The number of para-hydroxylation sites is 1. The first kappa shape index (κ1) is 14.4. The molecule has 0 spiro atoms. The van der Waals surface area contributed by atoms with Crippen molar-refractivity contribution in [3.8, 4) is 5.75 Å². The lowest BCUT2D eigenvalue weighted by atomic mass is 10.1. The number of aryl methyl sites for hydroxylation is 1. The number of fused-ring (bicyclic) bond motifs is 1. The highest BCUT2D eigenvalue weighted by Crippen LogP contribution is 2.31. The summed E-state index contributed by atoms with van der Waals surface area (Å²) in [6.07, 6.45) is 2.87. The van der Waals surface area contributed by atoms with E-state index in [1.807, 2.05) is 31.2 Å². The van der Waals surface area contributed by atoms with E-state index in [1.165, 1.54) is 18.2 Å². The molecule has 0 bridgehead atoms. The van der Waals surface area contributed by atoms with Crippen LogP contribution in [0.1, 0.15) is 21.7 Å². The van der Waals surface area contributed by atoms with Crippen LogP contribution in [0.25, 0.3) is 17.0 Å². The van der Waals surface area contributed by atoms with E-state index in [-0.39, 0.29) is 17.1 Å². The molecule has 3 rings (SSSR count). The van der Waals surface area contributed by atoms with E-state index in [1.54, 1.807) is 12.1 Å². The van der Waals surface area contributed by atoms with Gasteiger partial charge in [-0.2, -0.15) is 0 Å². The number of halogens is 1. The molecule has 0 fully saturated rings. The zero-order valence-corrected chi connectivity index (χ0v) is 12.6. The van der Waals surface area contributed by atoms with E-state index in [0.29, 0.717) is 16.4 Å². The highest BCUT2D eigenvalue weighted by molar-refractivity contribution is 6.36. The lowest BCUT2D eigenvalue weighted by Gasteiger charge is -2.01. The van der Waals surface area contributed by atoms with Gasteiger partial charge in [0.25, 0.3) is 0 Å². The molecular weight excluding hydrogens is 300 g/mol. The topological polar surface area (TPSA) is 50.4 Å². The molecule has 0 amide bonds. The summed E-state index contributed by atoms with van der Waals surface area (Å²) in [5.41, 5.74) is 1.82. The van der Waals surface area contributed by atoms with Crippen LogP contribution in [-0.2, 0) is 0 Å². The summed E-state index contributed by atoms with van der Waals surface area (Å²) in [5, 5.41) is 11.0. The maximum absolute atomic E-state index is 12.2. The van der Waals surface area contributed by atoms with Crippen molar-refractivity contribution in [3.05, 3.63) is 70.5 Å². The van der Waals surface area contributed by atoms with Gasteiger partial charge in [0.2, 0.25) is 0 Å². The Labute approximate surface area is 132 Å². The third kappa shape index (κ3) is 2.63. The average Bonchev–Trinajstić information content (AvgIpc) is 2.84. The summed E-state index contributed by atoms with van der Waals surface area (Å²) in [7, 11) is 0. The molecule has 0 saturated carbocycles. The van der Waals surface area contributed by atoms with Crippen LogP contribution in [-0.4, -0.2) is 10.9 Å². The van der Waals surface area contributed by atoms with Gasteiger partial charge >= 0.3 is 0 Å². The van der Waals surface area contributed by atoms with Crippen molar-refractivity contribution in [2.24, 2.45) is 0 Å². The number of aromatic hydroxyl groups is 1. The number of phenolic OH excluding ortho intramolecular Hbond substituents is 1. The number of hydrogen-bond acceptors (Lipinski definition) is 3. The van der Waals surface area contributed by atoms with Crippen molar-refractivity contribution < 1.29 is 14.3 Å². The Bertz CT molecular complexity index is 890. The minimum absolute atomic E-state index is 0.0454. The zero-order chi connectivity index (χ0) is 15.7. The molecule has 0 aliphatic heterocycles. The number of carbonyl (C=O) groups excluding carboxylic acids is 1. The largest absolute Gasteiger partial charge is 0.507 e. The molecule has 0 radical (unpaired) electrons. The fourth-order valence-corrected chi connectivity index (χ4v) is 2.49. The second kappa shape index (κ2) is 5.70. The van der Waals surface area contributed by atoms with Gasteiger partial charge in [-0.1, -0.05) is 35.4 Å². The number of hydrogen-bond donors (Lipinski definition) is 1. The first-order valence-electron chi connectivity index (χ1n) is 6.75. The number of allylic oxidation sites excluding steroid dienone is 1. The van der Waals surface area contributed by atoms with Gasteiger partial charge in [0, 0.05) is 5.39 Å². The Balaban J connectivity index is 1.94. The SMILES string of the molecule is Cc1ccc(O)c(C(=O)C=Cc2oc3ccccc3c2Cl)c1. The van der Waals surface area contributed by atoms with Crippen molar-refractivity contribution >= 4 is 34.4 Å². The second-order valence-electron chi connectivity index (χ2n) is 4.99. The monoisotopic (exact) mass is 312 g/mol. The van der Waals surface area contributed by atoms with Crippen molar-refractivity contribution in [3.63, 3.8) is 0 Å². The van der Waals surface area contributed by atoms with Crippen LogP contribution in [0, 0.1) is 6.92 Å². The molecule has 4 heteroatoms. The minimum atomic E-state index is -0.308. The third-order valence-electron chi connectivity index (χ3n) is 3.36. The zero-order valence-electron chi connectivity index (χ0n) is 11.8. The summed E-state index contributed by atoms with van der Waals surface area (Å²) in [6.45, 7) is 1.86. The Morgan fingerprint density at radius 1 is 1.23 bits per heavy atom. The summed E-state index contributed by atoms with van der Waals surface area (Å²) < 4.78 is 5.61. The number of furan rings is 1. The first-order valence-corrected chi connectivity index (χ1v) is 7.13. The molecule has 110 valence electrons. The van der Waals surface area contributed by atoms with Crippen LogP contribution in [0.5, 0.6) is 5.75 Å². The smallest absolute Gasteiger partial charge is 0.189 e. The number of rotatable bonds is 3.